The summed E-state index contributed by atoms with van der Waals surface area (Å²) in [6, 6.07) is 4.84. The molecule has 0 aromatic heterocycles. The number of anilines is 1. The van der Waals surface area contributed by atoms with Crippen LogP contribution in [0.2, 0.25) is 0 Å². The molecular weight excluding hydrogens is 391 g/mol. The van der Waals surface area contributed by atoms with Crippen molar-refractivity contribution in [2.24, 2.45) is 0 Å². The highest BCUT2D eigenvalue weighted by Gasteiger charge is 2.36. The number of rotatable bonds is 6. The molecule has 0 aliphatic carbocycles. The van der Waals surface area contributed by atoms with Gasteiger partial charge in [-0.25, -0.2) is 4.39 Å². The molecule has 0 bridgehead atoms. The van der Waals surface area contributed by atoms with E-state index in [0.29, 0.717) is 50.4 Å². The van der Waals surface area contributed by atoms with Gasteiger partial charge in [0.05, 0.1) is 24.7 Å². The highest BCUT2D eigenvalue weighted by Crippen LogP contribution is 2.33. The van der Waals surface area contributed by atoms with Gasteiger partial charge in [-0.2, -0.15) is 0 Å². The van der Waals surface area contributed by atoms with Crippen molar-refractivity contribution in [3.05, 3.63) is 29.6 Å². The first kappa shape index (κ1) is 22.0. The number of nitrogens with one attached hydrogen (secondary N) is 1. The highest BCUT2D eigenvalue weighted by molar-refractivity contribution is 5.81. The van der Waals surface area contributed by atoms with Crippen LogP contribution in [0.15, 0.2) is 18.2 Å². The summed E-state index contributed by atoms with van der Waals surface area (Å²) in [7, 11) is 3.71. The van der Waals surface area contributed by atoms with Crippen LogP contribution in [0, 0.1) is 5.82 Å². The topological polar surface area (TPSA) is 82.2 Å². The SMILES string of the molecule is CC(=O)NCC1C[C@H](c2ccc(N3CCN(C(=O)CN(C)C)CC3)c(F)c2)C(=O)O1. The summed E-state index contributed by atoms with van der Waals surface area (Å²) in [4.78, 5) is 41.0. The van der Waals surface area contributed by atoms with E-state index in [2.05, 4.69) is 5.32 Å². The molecule has 1 unspecified atom stereocenters. The van der Waals surface area contributed by atoms with Gasteiger partial charge in [-0.15, -0.1) is 0 Å². The molecule has 1 aromatic rings. The minimum absolute atomic E-state index is 0.0732. The summed E-state index contributed by atoms with van der Waals surface area (Å²) < 4.78 is 20.2. The number of ether oxygens (including phenoxy) is 1. The average molecular weight is 420 g/mol. The van der Waals surface area contributed by atoms with Crippen molar-refractivity contribution in [1.29, 1.82) is 0 Å². The minimum atomic E-state index is -0.534. The molecule has 0 radical (unpaired) electrons. The fourth-order valence-electron chi connectivity index (χ4n) is 3.87. The van der Waals surface area contributed by atoms with E-state index in [-0.39, 0.29) is 18.4 Å². The van der Waals surface area contributed by atoms with Crippen LogP contribution in [0.3, 0.4) is 0 Å². The molecule has 30 heavy (non-hydrogen) atoms. The van der Waals surface area contributed by atoms with Crippen LogP contribution in [-0.4, -0.2) is 87.1 Å². The molecule has 2 amide bonds. The Bertz CT molecular complexity index is 808. The smallest absolute Gasteiger partial charge is 0.313 e. The molecular formula is C21H29FN4O4. The Labute approximate surface area is 175 Å². The number of hydrogen-bond donors (Lipinski definition) is 1. The summed E-state index contributed by atoms with van der Waals surface area (Å²) in [5.74, 6) is -1.44. The normalized spacial score (nSPS) is 21.7. The van der Waals surface area contributed by atoms with Crippen LogP contribution in [0.4, 0.5) is 10.1 Å². The Kier molecular flexibility index (Phi) is 6.91. The molecule has 1 aromatic carbocycles. The van der Waals surface area contributed by atoms with Crippen molar-refractivity contribution >= 4 is 23.5 Å². The molecule has 2 atom stereocenters. The molecule has 2 aliphatic heterocycles. The second-order valence-electron chi connectivity index (χ2n) is 8.10. The lowest BCUT2D eigenvalue weighted by atomic mass is 9.95. The number of nitrogens with zero attached hydrogens (tertiary/aromatic N) is 3. The van der Waals surface area contributed by atoms with Crippen LogP contribution in [-0.2, 0) is 19.1 Å². The molecule has 164 valence electrons. The van der Waals surface area contributed by atoms with Crippen LogP contribution in [0.5, 0.6) is 0 Å². The van der Waals surface area contributed by atoms with Crippen LogP contribution in [0.25, 0.3) is 0 Å². The largest absolute Gasteiger partial charge is 0.460 e. The summed E-state index contributed by atoms with van der Waals surface area (Å²) >= 11 is 0. The molecule has 3 rings (SSSR count). The zero-order chi connectivity index (χ0) is 21.8. The van der Waals surface area contributed by atoms with Gasteiger partial charge in [0.2, 0.25) is 11.8 Å². The number of halogens is 1. The lowest BCUT2D eigenvalue weighted by Gasteiger charge is -2.36. The van der Waals surface area contributed by atoms with Crippen LogP contribution in [0.1, 0.15) is 24.8 Å². The van der Waals surface area contributed by atoms with Gasteiger partial charge < -0.3 is 24.8 Å². The molecule has 1 N–H and O–H groups in total. The second-order valence-corrected chi connectivity index (χ2v) is 8.10. The zero-order valence-electron chi connectivity index (χ0n) is 17.7. The third kappa shape index (κ3) is 5.27. The predicted molar refractivity (Wildman–Crippen MR) is 110 cm³/mol. The minimum Gasteiger partial charge on any atom is -0.460 e. The molecule has 9 heteroatoms. The number of esters is 1. The average Bonchev–Trinajstić information content (AvgIpc) is 3.06. The summed E-state index contributed by atoms with van der Waals surface area (Å²) in [5.41, 5.74) is 1.05. The number of carbonyl (C=O) groups is 3. The molecule has 8 nitrogen and oxygen atoms in total. The molecule has 2 aliphatic rings. The Morgan fingerprint density at radius 1 is 1.23 bits per heavy atom. The fraction of sp³-hybridized carbons (Fsp3) is 0.571. The van der Waals surface area contributed by atoms with Gasteiger partial charge >= 0.3 is 5.97 Å². The summed E-state index contributed by atoms with van der Waals surface area (Å²) in [5, 5.41) is 2.64. The number of cyclic esters (lactones) is 1. The Morgan fingerprint density at radius 3 is 2.53 bits per heavy atom. The molecule has 2 saturated heterocycles. The zero-order valence-corrected chi connectivity index (χ0v) is 17.7. The monoisotopic (exact) mass is 420 g/mol. The van der Waals surface area contributed by atoms with E-state index in [1.807, 2.05) is 23.9 Å². The van der Waals surface area contributed by atoms with Gasteiger partial charge in [-0.3, -0.25) is 14.4 Å². The first-order chi connectivity index (χ1) is 14.2. The first-order valence-corrected chi connectivity index (χ1v) is 10.2. The summed E-state index contributed by atoms with van der Waals surface area (Å²) in [6.07, 6.45) is 0.00630. The van der Waals surface area contributed by atoms with Crippen LogP contribution >= 0.6 is 0 Å². The van der Waals surface area contributed by atoms with E-state index in [1.54, 1.807) is 17.0 Å². The van der Waals surface area contributed by atoms with Gasteiger partial charge in [0, 0.05) is 39.5 Å². The first-order valence-electron chi connectivity index (χ1n) is 10.2. The number of amides is 2. The number of hydrogen-bond acceptors (Lipinski definition) is 6. The third-order valence-electron chi connectivity index (χ3n) is 5.44. The highest BCUT2D eigenvalue weighted by atomic mass is 19.1. The number of piperazine rings is 1. The Morgan fingerprint density at radius 2 is 1.93 bits per heavy atom. The van der Waals surface area contributed by atoms with E-state index < -0.39 is 23.8 Å². The standard InChI is InChI=1S/C21H29FN4O4/c1-14(27)23-12-16-11-17(21(29)30-16)15-4-5-19(18(22)10-15)25-6-8-26(9-7-25)20(28)13-24(2)3/h4-5,10,16-17H,6-9,11-13H2,1-3H3,(H,23,27)/t16?,17-/m1/s1. The van der Waals surface area contributed by atoms with Crippen molar-refractivity contribution in [3.8, 4) is 0 Å². The van der Waals surface area contributed by atoms with Crippen molar-refractivity contribution in [2.45, 2.75) is 25.4 Å². The van der Waals surface area contributed by atoms with Gasteiger partial charge in [0.1, 0.15) is 11.9 Å². The number of carbonyl (C=O) groups excluding carboxylic acids is 3. The lowest BCUT2D eigenvalue weighted by Crippen LogP contribution is -2.51. The molecule has 0 spiro atoms. The van der Waals surface area contributed by atoms with Gasteiger partial charge in [0.15, 0.2) is 0 Å². The Balaban J connectivity index is 1.60. The van der Waals surface area contributed by atoms with Gasteiger partial charge in [-0.05, 0) is 31.8 Å². The second kappa shape index (κ2) is 9.42. The fourth-order valence-corrected chi connectivity index (χ4v) is 3.87. The third-order valence-corrected chi connectivity index (χ3v) is 5.44. The van der Waals surface area contributed by atoms with Gasteiger partial charge in [-0.1, -0.05) is 6.07 Å². The maximum atomic E-state index is 14.9. The molecule has 0 saturated carbocycles. The van der Waals surface area contributed by atoms with E-state index in [4.69, 9.17) is 4.74 Å². The van der Waals surface area contributed by atoms with Gasteiger partial charge in [0.25, 0.3) is 0 Å². The van der Waals surface area contributed by atoms with Crippen molar-refractivity contribution < 1.29 is 23.5 Å². The number of likely N-dealkylation sites (N-methyl/N-ethyl adjacent to an activating group) is 1. The van der Waals surface area contributed by atoms with Crippen LogP contribution < -0.4 is 10.2 Å². The Hall–Kier alpha value is -2.68. The summed E-state index contributed by atoms with van der Waals surface area (Å²) in [6.45, 7) is 4.24. The van der Waals surface area contributed by atoms with E-state index >= 15 is 0 Å². The van der Waals surface area contributed by atoms with E-state index in [9.17, 15) is 18.8 Å². The lowest BCUT2D eigenvalue weighted by molar-refractivity contribution is -0.142. The van der Waals surface area contributed by atoms with E-state index in [0.717, 1.165) is 0 Å². The van der Waals surface area contributed by atoms with Crippen molar-refractivity contribution in [3.63, 3.8) is 0 Å². The molecule has 2 heterocycles. The quantitative estimate of drug-likeness (QED) is 0.678. The number of benzene rings is 1. The maximum Gasteiger partial charge on any atom is 0.313 e. The van der Waals surface area contributed by atoms with Crippen molar-refractivity contribution in [1.82, 2.24) is 15.1 Å². The molecule has 2 fully saturated rings. The predicted octanol–water partition coefficient (Wildman–Crippen LogP) is 0.571. The van der Waals surface area contributed by atoms with E-state index in [1.165, 1.54) is 13.0 Å². The van der Waals surface area contributed by atoms with Crippen molar-refractivity contribution in [2.75, 3.05) is 58.3 Å². The maximum absolute atomic E-state index is 14.9.